The van der Waals surface area contributed by atoms with E-state index in [1.54, 1.807) is 20.8 Å². The molecule has 1 aliphatic carbocycles. The first-order valence-electron chi connectivity index (χ1n) is 5.43. The molecule has 0 saturated heterocycles. The monoisotopic (exact) mass is 238 g/mol. The Morgan fingerprint density at radius 3 is 2.24 bits per heavy atom. The van der Waals surface area contributed by atoms with E-state index in [0.29, 0.717) is 0 Å². The molecule has 0 saturated carbocycles. The number of aliphatic hydroxyl groups is 2. The molecule has 1 atom stereocenters. The molecule has 1 rings (SSSR count). The van der Waals surface area contributed by atoms with Crippen LogP contribution in [0.5, 0.6) is 0 Å². The molecule has 2 N–H and O–H groups in total. The summed E-state index contributed by atoms with van der Waals surface area (Å²) in [7, 11) is 0. The van der Waals surface area contributed by atoms with Gasteiger partial charge in [-0.3, -0.25) is 9.59 Å². The molecule has 4 heteroatoms. The number of carbonyl (C=O) groups excluding carboxylic acids is 2. The summed E-state index contributed by atoms with van der Waals surface area (Å²) in [5.41, 5.74) is -2.38. The third-order valence-corrected chi connectivity index (χ3v) is 2.76. The van der Waals surface area contributed by atoms with Crippen LogP contribution in [0.25, 0.3) is 0 Å². The van der Waals surface area contributed by atoms with Gasteiger partial charge in [-0.1, -0.05) is 20.8 Å². The van der Waals surface area contributed by atoms with Crippen LogP contribution < -0.4 is 0 Å². The van der Waals surface area contributed by atoms with Gasteiger partial charge in [0, 0.05) is 11.0 Å². The summed E-state index contributed by atoms with van der Waals surface area (Å²) in [6.07, 6.45) is 1.13. The molecule has 0 radical (unpaired) electrons. The van der Waals surface area contributed by atoms with Gasteiger partial charge < -0.3 is 10.2 Å². The fourth-order valence-electron chi connectivity index (χ4n) is 1.68. The Bertz CT molecular complexity index is 445. The van der Waals surface area contributed by atoms with E-state index in [1.807, 2.05) is 0 Å². The number of aliphatic hydroxyl groups excluding tert-OH is 1. The van der Waals surface area contributed by atoms with E-state index in [0.717, 1.165) is 6.08 Å². The van der Waals surface area contributed by atoms with Crippen LogP contribution >= 0.6 is 0 Å². The largest absolute Gasteiger partial charge is 0.507 e. The lowest BCUT2D eigenvalue weighted by atomic mass is 9.78. The highest BCUT2D eigenvalue weighted by molar-refractivity contribution is 6.11. The highest BCUT2D eigenvalue weighted by Gasteiger charge is 2.40. The van der Waals surface area contributed by atoms with Crippen molar-refractivity contribution in [2.75, 3.05) is 0 Å². The van der Waals surface area contributed by atoms with Crippen LogP contribution in [0.3, 0.4) is 0 Å². The van der Waals surface area contributed by atoms with E-state index in [-0.39, 0.29) is 22.7 Å². The maximum absolute atomic E-state index is 12.1. The summed E-state index contributed by atoms with van der Waals surface area (Å²) in [6, 6.07) is 0. The SMILES string of the molecule is CC1=C(O)C(C(=O)C(C)(C)C)=CC(C)(O)C1=O. The van der Waals surface area contributed by atoms with Crippen molar-refractivity contribution in [1.82, 2.24) is 0 Å². The van der Waals surface area contributed by atoms with E-state index in [9.17, 15) is 19.8 Å². The lowest BCUT2D eigenvalue weighted by Crippen LogP contribution is -2.39. The predicted octanol–water partition coefficient (Wildman–Crippen LogP) is 1.69. The van der Waals surface area contributed by atoms with Crippen LogP contribution in [0.1, 0.15) is 34.6 Å². The zero-order valence-electron chi connectivity index (χ0n) is 10.8. The van der Waals surface area contributed by atoms with Gasteiger partial charge in [0.2, 0.25) is 0 Å². The first-order chi connectivity index (χ1) is 7.48. The van der Waals surface area contributed by atoms with Crippen molar-refractivity contribution in [3.8, 4) is 0 Å². The van der Waals surface area contributed by atoms with Crippen LogP contribution in [-0.2, 0) is 9.59 Å². The van der Waals surface area contributed by atoms with Gasteiger partial charge in [-0.2, -0.15) is 0 Å². The minimum atomic E-state index is -1.73. The van der Waals surface area contributed by atoms with Crippen LogP contribution in [0.4, 0.5) is 0 Å². The molecule has 0 aromatic rings. The molecule has 0 heterocycles. The van der Waals surface area contributed by atoms with Crippen LogP contribution in [-0.4, -0.2) is 27.4 Å². The minimum absolute atomic E-state index is 0.0135. The summed E-state index contributed by atoms with van der Waals surface area (Å²) >= 11 is 0. The standard InChI is InChI=1S/C13H18O4/c1-7-9(14)8(11(16)12(2,3)4)6-13(5,17)10(7)15/h6,14,17H,1-5H3. The molecule has 1 unspecified atom stereocenters. The van der Waals surface area contributed by atoms with Crippen molar-refractivity contribution in [2.45, 2.75) is 40.2 Å². The van der Waals surface area contributed by atoms with Gasteiger partial charge in [0.15, 0.2) is 11.6 Å². The minimum Gasteiger partial charge on any atom is -0.507 e. The van der Waals surface area contributed by atoms with E-state index in [4.69, 9.17) is 0 Å². The molecule has 17 heavy (non-hydrogen) atoms. The number of hydrogen-bond acceptors (Lipinski definition) is 4. The summed E-state index contributed by atoms with van der Waals surface area (Å²) in [5, 5.41) is 19.7. The summed E-state index contributed by atoms with van der Waals surface area (Å²) < 4.78 is 0. The van der Waals surface area contributed by atoms with E-state index >= 15 is 0 Å². The maximum atomic E-state index is 12.1. The first kappa shape index (κ1) is 13.6. The zero-order valence-corrected chi connectivity index (χ0v) is 10.8. The average molecular weight is 238 g/mol. The van der Waals surface area contributed by atoms with Gasteiger partial charge in [0.05, 0.1) is 5.57 Å². The number of hydrogen-bond donors (Lipinski definition) is 2. The van der Waals surface area contributed by atoms with E-state index < -0.39 is 16.8 Å². The Morgan fingerprint density at radius 2 is 1.82 bits per heavy atom. The topological polar surface area (TPSA) is 74.6 Å². The Labute approximate surface area is 101 Å². The molecule has 0 aromatic carbocycles. The molecular weight excluding hydrogens is 220 g/mol. The predicted molar refractivity (Wildman–Crippen MR) is 63.5 cm³/mol. The van der Waals surface area contributed by atoms with Gasteiger partial charge in [-0.15, -0.1) is 0 Å². The Hall–Kier alpha value is -1.42. The fourth-order valence-corrected chi connectivity index (χ4v) is 1.68. The molecule has 0 aliphatic heterocycles. The van der Waals surface area contributed by atoms with Gasteiger partial charge in [-0.25, -0.2) is 0 Å². The van der Waals surface area contributed by atoms with Gasteiger partial charge in [0.1, 0.15) is 11.4 Å². The normalized spacial score (nSPS) is 26.0. The van der Waals surface area contributed by atoms with Crippen molar-refractivity contribution in [3.05, 3.63) is 23.0 Å². The van der Waals surface area contributed by atoms with Gasteiger partial charge >= 0.3 is 0 Å². The number of Topliss-reactive ketones (excluding diaryl/α,β-unsaturated/α-hetero) is 2. The second kappa shape index (κ2) is 3.81. The summed E-state index contributed by atoms with van der Waals surface area (Å²) in [6.45, 7) is 7.84. The second-order valence-corrected chi connectivity index (χ2v) is 5.59. The second-order valence-electron chi connectivity index (χ2n) is 5.59. The van der Waals surface area contributed by atoms with Crippen molar-refractivity contribution in [2.24, 2.45) is 5.41 Å². The molecular formula is C13H18O4. The number of rotatable bonds is 1. The van der Waals surface area contributed by atoms with Crippen LogP contribution in [0.15, 0.2) is 23.0 Å². The molecule has 0 spiro atoms. The molecule has 0 amide bonds. The van der Waals surface area contributed by atoms with Crippen LogP contribution in [0, 0.1) is 5.41 Å². The molecule has 1 aliphatic rings. The average Bonchev–Trinajstić information content (AvgIpc) is 2.18. The molecule has 0 fully saturated rings. The fraction of sp³-hybridized carbons (Fsp3) is 0.538. The van der Waals surface area contributed by atoms with Crippen molar-refractivity contribution >= 4 is 11.6 Å². The zero-order chi connectivity index (χ0) is 13.6. The number of allylic oxidation sites excluding steroid dienone is 1. The quantitative estimate of drug-likeness (QED) is 0.729. The third kappa shape index (κ3) is 2.31. The Kier molecular flexibility index (Phi) is 3.05. The number of ketones is 2. The first-order valence-corrected chi connectivity index (χ1v) is 5.43. The highest BCUT2D eigenvalue weighted by Crippen LogP contribution is 2.32. The van der Waals surface area contributed by atoms with Crippen molar-refractivity contribution in [3.63, 3.8) is 0 Å². The summed E-state index contributed by atoms with van der Waals surface area (Å²) in [5.74, 6) is -1.22. The third-order valence-electron chi connectivity index (χ3n) is 2.76. The van der Waals surface area contributed by atoms with Gasteiger partial charge in [-0.05, 0) is 19.9 Å². The molecule has 0 bridgehead atoms. The molecule has 94 valence electrons. The van der Waals surface area contributed by atoms with Crippen LogP contribution in [0.2, 0.25) is 0 Å². The molecule has 0 aromatic heterocycles. The van der Waals surface area contributed by atoms with Gasteiger partial charge in [0.25, 0.3) is 0 Å². The molecule has 4 nitrogen and oxygen atoms in total. The van der Waals surface area contributed by atoms with Crippen molar-refractivity contribution in [1.29, 1.82) is 0 Å². The van der Waals surface area contributed by atoms with Crippen molar-refractivity contribution < 1.29 is 19.8 Å². The highest BCUT2D eigenvalue weighted by atomic mass is 16.3. The lowest BCUT2D eigenvalue weighted by Gasteiger charge is -2.28. The number of carbonyl (C=O) groups is 2. The lowest BCUT2D eigenvalue weighted by molar-refractivity contribution is -0.128. The van der Waals surface area contributed by atoms with E-state index in [2.05, 4.69) is 0 Å². The van der Waals surface area contributed by atoms with E-state index in [1.165, 1.54) is 13.8 Å². The summed E-state index contributed by atoms with van der Waals surface area (Å²) in [4.78, 5) is 23.7. The smallest absolute Gasteiger partial charge is 0.197 e. The Balaban J connectivity index is 3.35. The Morgan fingerprint density at radius 1 is 1.35 bits per heavy atom. The maximum Gasteiger partial charge on any atom is 0.197 e.